The molecule has 0 radical (unpaired) electrons. The number of rotatable bonds is 5. The topological polar surface area (TPSA) is 92.8 Å². The maximum Gasteiger partial charge on any atom is 0.416 e. The van der Waals surface area contributed by atoms with Gasteiger partial charge in [-0.05, 0) is 50.2 Å². The zero-order valence-corrected chi connectivity index (χ0v) is 16.4. The number of esters is 1. The van der Waals surface area contributed by atoms with Crippen LogP contribution in [0.5, 0.6) is 0 Å². The Balaban J connectivity index is 1.57. The first-order chi connectivity index (χ1) is 14.5. The largest absolute Gasteiger partial charge is 0.454 e. The summed E-state index contributed by atoms with van der Waals surface area (Å²) in [6.45, 7) is 2.31. The van der Waals surface area contributed by atoms with Crippen molar-refractivity contribution in [1.82, 2.24) is 4.90 Å². The van der Waals surface area contributed by atoms with Gasteiger partial charge in [0.25, 0.3) is 17.7 Å². The highest BCUT2D eigenvalue weighted by molar-refractivity contribution is 6.22. The van der Waals surface area contributed by atoms with Crippen molar-refractivity contribution in [3.63, 3.8) is 0 Å². The van der Waals surface area contributed by atoms with Crippen LogP contribution >= 0.6 is 0 Å². The molecule has 10 heteroatoms. The number of anilines is 1. The van der Waals surface area contributed by atoms with Crippen molar-refractivity contribution < 1.29 is 37.1 Å². The Morgan fingerprint density at radius 3 is 2.26 bits per heavy atom. The number of hydrogen-bond donors (Lipinski definition) is 1. The fourth-order valence-corrected chi connectivity index (χ4v) is 3.03. The number of carbonyl (C=O) groups is 4. The van der Waals surface area contributed by atoms with Crippen LogP contribution in [0, 0.1) is 6.92 Å². The van der Waals surface area contributed by atoms with E-state index < -0.39 is 48.1 Å². The number of nitrogens with one attached hydrogen (secondary N) is 1. The number of hydrogen-bond acceptors (Lipinski definition) is 5. The van der Waals surface area contributed by atoms with E-state index in [1.165, 1.54) is 13.0 Å². The van der Waals surface area contributed by atoms with E-state index >= 15 is 0 Å². The molecule has 1 aliphatic rings. The van der Waals surface area contributed by atoms with Crippen molar-refractivity contribution in [2.75, 3.05) is 11.9 Å². The third-order valence-corrected chi connectivity index (χ3v) is 4.64. The molecule has 0 fully saturated rings. The van der Waals surface area contributed by atoms with Crippen LogP contribution in [-0.2, 0) is 20.5 Å². The van der Waals surface area contributed by atoms with E-state index in [9.17, 15) is 32.3 Å². The van der Waals surface area contributed by atoms with Crippen LogP contribution < -0.4 is 5.32 Å². The molecule has 7 nitrogen and oxygen atoms in total. The lowest BCUT2D eigenvalue weighted by molar-refractivity contribution is -0.150. The number of fused-ring (bicyclic) bond motifs is 1. The summed E-state index contributed by atoms with van der Waals surface area (Å²) in [5.74, 6) is -3.05. The zero-order chi connectivity index (χ0) is 22.9. The Morgan fingerprint density at radius 2 is 1.65 bits per heavy atom. The predicted octanol–water partition coefficient (Wildman–Crippen LogP) is 3.18. The van der Waals surface area contributed by atoms with Crippen molar-refractivity contribution in [3.05, 3.63) is 64.7 Å². The molecule has 1 aliphatic heterocycles. The number of nitrogens with zero attached hydrogens (tertiary/aromatic N) is 1. The van der Waals surface area contributed by atoms with Crippen LogP contribution in [0.15, 0.2) is 42.5 Å². The first kappa shape index (κ1) is 22.0. The van der Waals surface area contributed by atoms with Crippen molar-refractivity contribution >= 4 is 29.4 Å². The first-order valence-electron chi connectivity index (χ1n) is 9.11. The van der Waals surface area contributed by atoms with Gasteiger partial charge < -0.3 is 10.1 Å². The molecule has 3 amide bonds. The average molecular weight is 434 g/mol. The van der Waals surface area contributed by atoms with Gasteiger partial charge in [-0.15, -0.1) is 0 Å². The molecule has 1 unspecified atom stereocenters. The van der Waals surface area contributed by atoms with E-state index in [-0.39, 0.29) is 16.8 Å². The second kappa shape index (κ2) is 8.21. The van der Waals surface area contributed by atoms with Crippen molar-refractivity contribution in [2.24, 2.45) is 0 Å². The summed E-state index contributed by atoms with van der Waals surface area (Å²) in [5, 5.41) is 2.29. The van der Waals surface area contributed by atoms with Crippen LogP contribution in [0.3, 0.4) is 0 Å². The van der Waals surface area contributed by atoms with Gasteiger partial charge in [0.05, 0.1) is 16.7 Å². The highest BCUT2D eigenvalue weighted by atomic mass is 19.4. The van der Waals surface area contributed by atoms with Gasteiger partial charge >= 0.3 is 12.1 Å². The molecule has 0 spiro atoms. The maximum atomic E-state index is 12.6. The Morgan fingerprint density at radius 1 is 1.03 bits per heavy atom. The standard InChI is InChI=1S/C21H17F3N2O5/c1-11-3-8-15-16(9-11)19(29)26(18(15)28)12(2)20(30)31-10-17(27)25-14-6-4-13(5-7-14)21(22,23)24/h3-9,12H,10H2,1-2H3,(H,25,27). The van der Waals surface area contributed by atoms with Crippen LogP contribution in [0.1, 0.15) is 38.8 Å². The molecule has 162 valence electrons. The van der Waals surface area contributed by atoms with E-state index in [1.807, 2.05) is 0 Å². The van der Waals surface area contributed by atoms with E-state index in [0.29, 0.717) is 0 Å². The molecule has 2 aromatic carbocycles. The molecule has 1 heterocycles. The van der Waals surface area contributed by atoms with Crippen LogP contribution in [0.4, 0.5) is 18.9 Å². The lowest BCUT2D eigenvalue weighted by atomic mass is 10.1. The maximum absolute atomic E-state index is 12.6. The second-order valence-corrected chi connectivity index (χ2v) is 6.94. The van der Waals surface area contributed by atoms with E-state index in [1.54, 1.807) is 19.1 Å². The Labute approximate surface area is 174 Å². The van der Waals surface area contributed by atoms with Gasteiger partial charge in [0.15, 0.2) is 6.61 Å². The molecule has 0 bridgehead atoms. The Kier molecular flexibility index (Phi) is 5.83. The van der Waals surface area contributed by atoms with E-state index in [4.69, 9.17) is 4.74 Å². The highest BCUT2D eigenvalue weighted by Gasteiger charge is 2.41. The summed E-state index contributed by atoms with van der Waals surface area (Å²) in [4.78, 5) is 50.0. The smallest absolute Gasteiger partial charge is 0.416 e. The fraction of sp³-hybridized carbons (Fsp3) is 0.238. The summed E-state index contributed by atoms with van der Waals surface area (Å²) in [5.41, 5.74) is 0.344. The lowest BCUT2D eigenvalue weighted by Gasteiger charge is -2.20. The van der Waals surface area contributed by atoms with E-state index in [2.05, 4.69) is 5.32 Å². The Bertz CT molecular complexity index is 1060. The minimum Gasteiger partial charge on any atom is -0.454 e. The Hall–Kier alpha value is -3.69. The number of ether oxygens (including phenoxy) is 1. The van der Waals surface area contributed by atoms with Gasteiger partial charge in [-0.1, -0.05) is 11.6 Å². The summed E-state index contributed by atoms with van der Waals surface area (Å²) in [7, 11) is 0. The average Bonchev–Trinajstić information content (AvgIpc) is 2.95. The highest BCUT2D eigenvalue weighted by Crippen LogP contribution is 2.30. The fourth-order valence-electron chi connectivity index (χ4n) is 3.03. The van der Waals surface area contributed by atoms with Gasteiger partial charge in [-0.3, -0.25) is 19.3 Å². The minimum absolute atomic E-state index is 0.0813. The number of benzene rings is 2. The zero-order valence-electron chi connectivity index (χ0n) is 16.4. The number of aryl methyl sites for hydroxylation is 1. The second-order valence-electron chi connectivity index (χ2n) is 6.94. The molecule has 2 aromatic rings. The van der Waals surface area contributed by atoms with Gasteiger partial charge in [0.2, 0.25) is 0 Å². The van der Waals surface area contributed by atoms with Gasteiger partial charge in [0.1, 0.15) is 6.04 Å². The minimum atomic E-state index is -4.50. The number of amides is 3. The SMILES string of the molecule is Cc1ccc2c(c1)C(=O)N(C(C)C(=O)OCC(=O)Nc1ccc(C(F)(F)F)cc1)C2=O. The van der Waals surface area contributed by atoms with Crippen molar-refractivity contribution in [3.8, 4) is 0 Å². The first-order valence-corrected chi connectivity index (χ1v) is 9.11. The van der Waals surface area contributed by atoms with Gasteiger partial charge in [0, 0.05) is 5.69 Å². The number of imide groups is 1. The summed E-state index contributed by atoms with van der Waals surface area (Å²) in [6.07, 6.45) is -4.50. The molecule has 0 saturated carbocycles. The van der Waals surface area contributed by atoms with Gasteiger partial charge in [-0.2, -0.15) is 13.2 Å². The normalized spacial score (nSPS) is 14.3. The van der Waals surface area contributed by atoms with E-state index in [0.717, 1.165) is 34.7 Å². The summed E-state index contributed by atoms with van der Waals surface area (Å²) >= 11 is 0. The van der Waals surface area contributed by atoms with Crippen LogP contribution in [-0.4, -0.2) is 41.2 Å². The number of carbonyl (C=O) groups excluding carboxylic acids is 4. The number of halogens is 3. The summed E-state index contributed by atoms with van der Waals surface area (Å²) < 4.78 is 42.6. The molecular formula is C21H17F3N2O5. The molecule has 1 N–H and O–H groups in total. The van der Waals surface area contributed by atoms with Crippen LogP contribution in [0.25, 0.3) is 0 Å². The molecule has 3 rings (SSSR count). The van der Waals surface area contributed by atoms with Gasteiger partial charge in [-0.25, -0.2) is 4.79 Å². The monoisotopic (exact) mass is 434 g/mol. The van der Waals surface area contributed by atoms with Crippen molar-refractivity contribution in [2.45, 2.75) is 26.1 Å². The predicted molar refractivity (Wildman–Crippen MR) is 102 cm³/mol. The number of alkyl halides is 3. The van der Waals surface area contributed by atoms with Crippen molar-refractivity contribution in [1.29, 1.82) is 0 Å². The third kappa shape index (κ3) is 4.57. The molecule has 0 aliphatic carbocycles. The summed E-state index contributed by atoms with van der Waals surface area (Å²) in [6, 6.07) is 7.17. The molecule has 31 heavy (non-hydrogen) atoms. The lowest BCUT2D eigenvalue weighted by Crippen LogP contribution is -2.44. The molecular weight excluding hydrogens is 417 g/mol. The van der Waals surface area contributed by atoms with Crippen LogP contribution in [0.2, 0.25) is 0 Å². The molecule has 0 aromatic heterocycles. The third-order valence-electron chi connectivity index (χ3n) is 4.64. The molecule has 0 saturated heterocycles. The quantitative estimate of drug-likeness (QED) is 0.577. The molecule has 1 atom stereocenters.